The molecule has 5 rings (SSSR count). The molecule has 2 aromatic rings. The van der Waals surface area contributed by atoms with Gasteiger partial charge in [-0.2, -0.15) is 0 Å². The molecule has 2 aliphatic heterocycles. The van der Waals surface area contributed by atoms with Gasteiger partial charge in [0.15, 0.2) is 5.17 Å². The van der Waals surface area contributed by atoms with E-state index in [4.69, 9.17) is 16.6 Å². The Balaban J connectivity index is 1.53. The molecule has 2 aromatic carbocycles. The lowest BCUT2D eigenvalue weighted by atomic mass is 9.94. The molecule has 0 unspecified atom stereocenters. The van der Waals surface area contributed by atoms with Crippen molar-refractivity contribution in [3.63, 3.8) is 0 Å². The number of aliphatic imine (C=N–C) groups is 1. The molecule has 2 heterocycles. The second-order valence-corrected chi connectivity index (χ2v) is 12.0. The van der Waals surface area contributed by atoms with E-state index in [1.165, 1.54) is 23.9 Å². The van der Waals surface area contributed by atoms with Crippen LogP contribution in [0.2, 0.25) is 5.02 Å². The molecule has 0 spiro atoms. The van der Waals surface area contributed by atoms with Crippen LogP contribution in [0.1, 0.15) is 51.5 Å². The minimum atomic E-state index is 0.0799. The molecule has 36 heavy (non-hydrogen) atoms. The Bertz CT molecular complexity index is 1230. The monoisotopic (exact) mass is 540 g/mol. The zero-order chi connectivity index (χ0) is 25.4. The van der Waals surface area contributed by atoms with Gasteiger partial charge in [0, 0.05) is 41.8 Å². The van der Waals surface area contributed by atoms with Crippen LogP contribution < -0.4 is 9.80 Å². The predicted octanol–water partition coefficient (Wildman–Crippen LogP) is 7.80. The SMILES string of the molecule is CCN(CC)c1ccc(N=C2S/C(=C3\Sc4ccc(Cl)cc4N3C)C(=O)N2C2CCCCC2)c(C)c1. The average Bonchev–Trinajstić information content (AvgIpc) is 3.37. The molecule has 0 aromatic heterocycles. The third kappa shape index (κ3) is 4.77. The van der Waals surface area contributed by atoms with Crippen LogP contribution in [-0.2, 0) is 4.79 Å². The van der Waals surface area contributed by atoms with Gasteiger partial charge in [0.05, 0.1) is 16.4 Å². The van der Waals surface area contributed by atoms with Gasteiger partial charge in [0.1, 0.15) is 4.91 Å². The number of amidine groups is 1. The van der Waals surface area contributed by atoms with E-state index < -0.39 is 0 Å². The van der Waals surface area contributed by atoms with Gasteiger partial charge in [-0.3, -0.25) is 9.69 Å². The Morgan fingerprint density at radius 1 is 1.06 bits per heavy atom. The van der Waals surface area contributed by atoms with Crippen LogP contribution in [-0.4, -0.2) is 42.2 Å². The number of anilines is 2. The van der Waals surface area contributed by atoms with E-state index in [9.17, 15) is 4.79 Å². The first-order valence-electron chi connectivity index (χ1n) is 12.8. The van der Waals surface area contributed by atoms with Crippen molar-refractivity contribution < 1.29 is 4.79 Å². The molecule has 190 valence electrons. The second-order valence-electron chi connectivity index (χ2n) is 9.51. The molecule has 8 heteroatoms. The molecule has 1 saturated heterocycles. The molecule has 0 N–H and O–H groups in total. The number of hydrogen-bond donors (Lipinski definition) is 0. The van der Waals surface area contributed by atoms with Crippen molar-refractivity contribution in [1.82, 2.24) is 4.90 Å². The van der Waals surface area contributed by atoms with E-state index in [0.29, 0.717) is 5.02 Å². The fraction of sp³-hybridized carbons (Fsp3) is 0.429. The zero-order valence-corrected chi connectivity index (χ0v) is 23.8. The predicted molar refractivity (Wildman–Crippen MR) is 156 cm³/mol. The molecule has 3 aliphatic rings. The zero-order valence-electron chi connectivity index (χ0n) is 21.4. The van der Waals surface area contributed by atoms with Gasteiger partial charge in [-0.25, -0.2) is 4.99 Å². The standard InChI is InChI=1S/C28H33ClN4OS2/c1-5-32(6-2)21-13-14-22(18(3)16-21)30-28-33(20-10-8-7-9-11-20)26(34)25(36-28)27-31(4)23-17-19(29)12-15-24(23)35-27/h12-17,20H,5-11H2,1-4H3/b27-25-,30-28?. The Morgan fingerprint density at radius 2 is 1.81 bits per heavy atom. The lowest BCUT2D eigenvalue weighted by Crippen LogP contribution is -2.40. The molecule has 5 nitrogen and oxygen atoms in total. The first kappa shape index (κ1) is 25.6. The summed E-state index contributed by atoms with van der Waals surface area (Å²) in [5, 5.41) is 2.46. The smallest absolute Gasteiger partial charge is 0.269 e. The quantitative estimate of drug-likeness (QED) is 0.362. The minimum Gasteiger partial charge on any atom is -0.372 e. The maximum absolute atomic E-state index is 14.0. The van der Waals surface area contributed by atoms with Gasteiger partial charge in [0.2, 0.25) is 0 Å². The Hall–Kier alpha value is -2.09. The molecule has 0 bridgehead atoms. The first-order chi connectivity index (χ1) is 17.4. The molecule has 1 amide bonds. The van der Waals surface area contributed by atoms with Crippen molar-refractivity contribution in [3.05, 3.63) is 56.9 Å². The second kappa shape index (κ2) is 10.7. The molecule has 1 aliphatic carbocycles. The maximum Gasteiger partial charge on any atom is 0.269 e. The number of halogens is 1. The Morgan fingerprint density at radius 3 is 2.50 bits per heavy atom. The highest BCUT2D eigenvalue weighted by Gasteiger charge is 2.42. The van der Waals surface area contributed by atoms with Crippen LogP contribution in [0.3, 0.4) is 0 Å². The number of carbonyl (C=O) groups is 1. The van der Waals surface area contributed by atoms with Gasteiger partial charge >= 0.3 is 0 Å². The molecule has 0 atom stereocenters. The van der Waals surface area contributed by atoms with Crippen LogP contribution in [0.15, 0.2) is 56.2 Å². The van der Waals surface area contributed by atoms with Crippen LogP contribution in [0, 0.1) is 6.92 Å². The summed E-state index contributed by atoms with van der Waals surface area (Å²) < 4.78 is 0. The summed E-state index contributed by atoms with van der Waals surface area (Å²) in [4.78, 5) is 27.4. The molecular weight excluding hydrogens is 508 g/mol. The summed E-state index contributed by atoms with van der Waals surface area (Å²) in [5.74, 6) is 0.0799. The van der Waals surface area contributed by atoms with Crippen LogP contribution >= 0.6 is 35.1 Å². The highest BCUT2D eigenvalue weighted by molar-refractivity contribution is 8.19. The molecule has 0 radical (unpaired) electrons. The van der Waals surface area contributed by atoms with Crippen molar-refractivity contribution in [2.24, 2.45) is 4.99 Å². The van der Waals surface area contributed by atoms with Gasteiger partial charge in [0.25, 0.3) is 5.91 Å². The minimum absolute atomic E-state index is 0.0799. The summed E-state index contributed by atoms with van der Waals surface area (Å²) in [5.41, 5.74) is 4.31. The van der Waals surface area contributed by atoms with Crippen LogP contribution in [0.25, 0.3) is 0 Å². The number of fused-ring (bicyclic) bond motifs is 1. The fourth-order valence-electron chi connectivity index (χ4n) is 5.23. The molecule has 1 saturated carbocycles. The number of nitrogens with zero attached hydrogens (tertiary/aromatic N) is 4. The number of carbonyl (C=O) groups excluding carboxylic acids is 1. The van der Waals surface area contributed by atoms with Gasteiger partial charge < -0.3 is 9.80 Å². The lowest BCUT2D eigenvalue weighted by molar-refractivity contribution is -0.124. The summed E-state index contributed by atoms with van der Waals surface area (Å²) in [7, 11) is 2.02. The third-order valence-electron chi connectivity index (χ3n) is 7.27. The number of hydrogen-bond acceptors (Lipinski definition) is 6. The van der Waals surface area contributed by atoms with Crippen molar-refractivity contribution in [2.45, 2.75) is 63.8 Å². The molecular formula is C28H33ClN4OS2. The largest absolute Gasteiger partial charge is 0.372 e. The van der Waals surface area contributed by atoms with Gasteiger partial charge in [-0.1, -0.05) is 42.6 Å². The van der Waals surface area contributed by atoms with E-state index in [2.05, 4.69) is 48.8 Å². The highest BCUT2D eigenvalue weighted by atomic mass is 35.5. The van der Waals surface area contributed by atoms with E-state index in [0.717, 1.165) is 75.7 Å². The lowest BCUT2D eigenvalue weighted by Gasteiger charge is -2.30. The van der Waals surface area contributed by atoms with Gasteiger partial charge in [-0.15, -0.1) is 0 Å². The number of aryl methyl sites for hydroxylation is 1. The Labute approximate surface area is 228 Å². The first-order valence-corrected chi connectivity index (χ1v) is 14.8. The van der Waals surface area contributed by atoms with E-state index in [-0.39, 0.29) is 11.9 Å². The molecule has 2 fully saturated rings. The number of amides is 1. The summed E-state index contributed by atoms with van der Waals surface area (Å²) in [6.45, 7) is 8.40. The average molecular weight is 541 g/mol. The van der Waals surface area contributed by atoms with E-state index >= 15 is 0 Å². The van der Waals surface area contributed by atoms with Crippen molar-refractivity contribution in [3.8, 4) is 0 Å². The highest BCUT2D eigenvalue weighted by Crippen LogP contribution is 2.51. The van der Waals surface area contributed by atoms with Crippen molar-refractivity contribution >= 4 is 63.3 Å². The normalized spacial score (nSPS) is 21.6. The number of rotatable bonds is 5. The topological polar surface area (TPSA) is 39.1 Å². The van der Waals surface area contributed by atoms with E-state index in [1.54, 1.807) is 11.8 Å². The van der Waals surface area contributed by atoms with E-state index in [1.807, 2.05) is 30.1 Å². The van der Waals surface area contributed by atoms with Gasteiger partial charge in [-0.05, 0) is 87.3 Å². The fourth-order valence-corrected chi connectivity index (χ4v) is 7.77. The van der Waals surface area contributed by atoms with Crippen LogP contribution in [0.5, 0.6) is 0 Å². The van der Waals surface area contributed by atoms with Crippen LogP contribution in [0.4, 0.5) is 17.1 Å². The summed E-state index contributed by atoms with van der Waals surface area (Å²) in [6, 6.07) is 12.6. The number of thioether (sulfide) groups is 2. The summed E-state index contributed by atoms with van der Waals surface area (Å²) >= 11 is 9.43. The third-order valence-corrected chi connectivity index (χ3v) is 9.91. The van der Waals surface area contributed by atoms with Crippen molar-refractivity contribution in [2.75, 3.05) is 29.9 Å². The maximum atomic E-state index is 14.0. The number of benzene rings is 2. The van der Waals surface area contributed by atoms with Crippen molar-refractivity contribution in [1.29, 1.82) is 0 Å². The Kier molecular flexibility index (Phi) is 7.61. The summed E-state index contributed by atoms with van der Waals surface area (Å²) in [6.07, 6.45) is 5.63.